The molecule has 3 aromatic rings. The zero-order valence-corrected chi connectivity index (χ0v) is 14.5. The molecule has 0 unspecified atom stereocenters. The number of amides is 1. The van der Waals surface area contributed by atoms with Gasteiger partial charge in [0.2, 0.25) is 0 Å². The quantitative estimate of drug-likeness (QED) is 0.736. The topological polar surface area (TPSA) is 54.3 Å². The maximum atomic E-state index is 13.0. The van der Waals surface area contributed by atoms with E-state index < -0.39 is 0 Å². The molecule has 4 rings (SSSR count). The number of benzene rings is 1. The third kappa shape index (κ3) is 3.00. The molecule has 1 aliphatic rings. The van der Waals surface area contributed by atoms with E-state index in [4.69, 9.17) is 0 Å². The summed E-state index contributed by atoms with van der Waals surface area (Å²) in [4.78, 5) is 21.6. The number of rotatable bonds is 3. The highest BCUT2D eigenvalue weighted by Crippen LogP contribution is 2.23. The Morgan fingerprint density at radius 3 is 2.88 bits per heavy atom. The van der Waals surface area contributed by atoms with Crippen LogP contribution in [0, 0.1) is 0 Å². The van der Waals surface area contributed by atoms with Gasteiger partial charge >= 0.3 is 0 Å². The highest BCUT2D eigenvalue weighted by Gasteiger charge is 2.29. The summed E-state index contributed by atoms with van der Waals surface area (Å²) in [6.07, 6.45) is 1.81. The number of carbonyl (C=O) groups excluding carboxylic acids is 1. The first kappa shape index (κ1) is 15.8. The molecule has 0 saturated carbocycles. The van der Waals surface area contributed by atoms with Gasteiger partial charge in [-0.1, -0.05) is 24.3 Å². The zero-order chi connectivity index (χ0) is 17.4. The lowest BCUT2D eigenvalue weighted by Gasteiger charge is -2.35. The van der Waals surface area contributed by atoms with Crippen LogP contribution in [0.25, 0.3) is 10.9 Å². The molecule has 0 fully saturated rings. The van der Waals surface area contributed by atoms with E-state index in [0.29, 0.717) is 18.8 Å². The molecule has 0 bridgehead atoms. The number of hydrogen-bond acceptors (Lipinski definition) is 4. The fraction of sp³-hybridized carbons (Fsp3) is 0.316. The summed E-state index contributed by atoms with van der Waals surface area (Å²) in [6.45, 7) is 2.04. The molecule has 6 heteroatoms. The van der Waals surface area contributed by atoms with Gasteiger partial charge < -0.3 is 9.80 Å². The number of aromatic nitrogens is 3. The van der Waals surface area contributed by atoms with Gasteiger partial charge in [0.15, 0.2) is 0 Å². The number of carbonyl (C=O) groups is 1. The molecule has 0 spiro atoms. The van der Waals surface area contributed by atoms with Gasteiger partial charge in [-0.2, -0.15) is 5.10 Å². The maximum Gasteiger partial charge on any atom is 0.272 e. The molecule has 3 heterocycles. The Morgan fingerprint density at radius 2 is 2.04 bits per heavy atom. The largest absolute Gasteiger partial charge is 0.329 e. The fourth-order valence-electron chi connectivity index (χ4n) is 3.45. The summed E-state index contributed by atoms with van der Waals surface area (Å²) in [7, 11) is 4.07. The van der Waals surface area contributed by atoms with Crippen molar-refractivity contribution in [1.82, 2.24) is 24.6 Å². The highest BCUT2D eigenvalue weighted by atomic mass is 16.2. The van der Waals surface area contributed by atoms with Gasteiger partial charge in [0.25, 0.3) is 5.91 Å². The second-order valence-corrected chi connectivity index (χ2v) is 6.76. The van der Waals surface area contributed by atoms with Crippen molar-refractivity contribution in [3.05, 3.63) is 60.0 Å². The third-order valence-corrected chi connectivity index (χ3v) is 4.56. The summed E-state index contributed by atoms with van der Waals surface area (Å²) in [6, 6.07) is 13.8. The molecule has 128 valence electrons. The van der Waals surface area contributed by atoms with E-state index in [1.54, 1.807) is 6.20 Å². The lowest BCUT2D eigenvalue weighted by Crippen LogP contribution is -2.44. The van der Waals surface area contributed by atoms with Crippen molar-refractivity contribution in [2.45, 2.75) is 12.6 Å². The van der Waals surface area contributed by atoms with Crippen molar-refractivity contribution in [2.24, 2.45) is 0 Å². The van der Waals surface area contributed by atoms with E-state index in [1.165, 1.54) is 0 Å². The van der Waals surface area contributed by atoms with E-state index in [-0.39, 0.29) is 11.9 Å². The first-order valence-corrected chi connectivity index (χ1v) is 8.44. The Kier molecular flexibility index (Phi) is 3.97. The van der Waals surface area contributed by atoms with Crippen molar-refractivity contribution in [2.75, 3.05) is 27.2 Å². The van der Waals surface area contributed by atoms with Gasteiger partial charge in [0.1, 0.15) is 5.69 Å². The van der Waals surface area contributed by atoms with Crippen LogP contribution in [0.4, 0.5) is 0 Å². The smallest absolute Gasteiger partial charge is 0.272 e. The molecule has 25 heavy (non-hydrogen) atoms. The van der Waals surface area contributed by atoms with Crippen molar-refractivity contribution < 1.29 is 4.79 Å². The minimum Gasteiger partial charge on any atom is -0.329 e. The Balaban J connectivity index is 1.63. The summed E-state index contributed by atoms with van der Waals surface area (Å²) < 4.78 is 2.04. The second-order valence-electron chi connectivity index (χ2n) is 6.76. The Hall–Kier alpha value is -2.73. The Morgan fingerprint density at radius 1 is 1.20 bits per heavy atom. The standard InChI is InChI=1S/C19H21N5O/c1-22(2)11-16-13-23(12-15-9-10-20-24(15)16)19(25)18-8-7-14-5-3-4-6-17(14)21-18/h3-10,16H,11-13H2,1-2H3/t16-/m0/s1. The molecular formula is C19H21N5O. The number of pyridine rings is 1. The molecule has 6 nitrogen and oxygen atoms in total. The SMILES string of the molecule is CN(C)C[C@H]1CN(C(=O)c2ccc3ccccc3n2)Cc2ccnn21. The van der Waals surface area contributed by atoms with Gasteiger partial charge in [-0.15, -0.1) is 0 Å². The van der Waals surface area contributed by atoms with E-state index >= 15 is 0 Å². The summed E-state index contributed by atoms with van der Waals surface area (Å²) in [5, 5.41) is 5.48. The van der Waals surface area contributed by atoms with Crippen LogP contribution in [-0.2, 0) is 6.54 Å². The number of nitrogens with zero attached hydrogens (tertiary/aromatic N) is 5. The number of fused-ring (bicyclic) bond motifs is 2. The van der Waals surface area contributed by atoms with Gasteiger partial charge in [-0.25, -0.2) is 4.98 Å². The Labute approximate surface area is 146 Å². The molecule has 2 aromatic heterocycles. The van der Waals surface area contributed by atoms with E-state index in [0.717, 1.165) is 23.1 Å². The van der Waals surface area contributed by atoms with Gasteiger partial charge in [0, 0.05) is 24.7 Å². The van der Waals surface area contributed by atoms with Crippen LogP contribution >= 0.6 is 0 Å². The van der Waals surface area contributed by atoms with Crippen LogP contribution in [-0.4, -0.2) is 57.7 Å². The molecule has 1 aliphatic heterocycles. The molecule has 0 aliphatic carbocycles. The van der Waals surface area contributed by atoms with Gasteiger partial charge in [0.05, 0.1) is 23.8 Å². The minimum absolute atomic E-state index is 0.0260. The van der Waals surface area contributed by atoms with Crippen molar-refractivity contribution in [3.8, 4) is 0 Å². The highest BCUT2D eigenvalue weighted by molar-refractivity contribution is 5.95. The molecule has 0 saturated heterocycles. The lowest BCUT2D eigenvalue weighted by molar-refractivity contribution is 0.0647. The predicted molar refractivity (Wildman–Crippen MR) is 96.3 cm³/mol. The maximum absolute atomic E-state index is 13.0. The van der Waals surface area contributed by atoms with E-state index in [9.17, 15) is 4.79 Å². The van der Waals surface area contributed by atoms with Crippen LogP contribution in [0.2, 0.25) is 0 Å². The van der Waals surface area contributed by atoms with Gasteiger partial charge in [-0.3, -0.25) is 9.48 Å². The summed E-state index contributed by atoms with van der Waals surface area (Å²) in [5.41, 5.74) is 2.41. The van der Waals surface area contributed by atoms with Crippen LogP contribution in [0.5, 0.6) is 0 Å². The first-order chi connectivity index (χ1) is 12.1. The number of likely N-dealkylation sites (N-methyl/N-ethyl adjacent to an activating group) is 1. The molecule has 1 atom stereocenters. The van der Waals surface area contributed by atoms with Crippen LogP contribution in [0.1, 0.15) is 22.2 Å². The minimum atomic E-state index is -0.0260. The van der Waals surface area contributed by atoms with Crippen molar-refractivity contribution in [1.29, 1.82) is 0 Å². The monoisotopic (exact) mass is 335 g/mol. The van der Waals surface area contributed by atoms with Crippen LogP contribution in [0.15, 0.2) is 48.7 Å². The fourth-order valence-corrected chi connectivity index (χ4v) is 3.45. The predicted octanol–water partition coefficient (Wildman–Crippen LogP) is 2.19. The molecular weight excluding hydrogens is 314 g/mol. The Bertz CT molecular complexity index is 917. The molecule has 1 amide bonds. The molecule has 0 radical (unpaired) electrons. The zero-order valence-electron chi connectivity index (χ0n) is 14.5. The number of hydrogen-bond donors (Lipinski definition) is 0. The van der Waals surface area contributed by atoms with Crippen molar-refractivity contribution in [3.63, 3.8) is 0 Å². The lowest BCUT2D eigenvalue weighted by atomic mass is 10.1. The molecule has 1 aromatic carbocycles. The van der Waals surface area contributed by atoms with Gasteiger partial charge in [-0.05, 0) is 32.3 Å². The first-order valence-electron chi connectivity index (χ1n) is 8.44. The molecule has 0 N–H and O–H groups in total. The summed E-state index contributed by atoms with van der Waals surface area (Å²) >= 11 is 0. The normalized spacial score (nSPS) is 17.1. The van der Waals surface area contributed by atoms with E-state index in [1.807, 2.05) is 66.1 Å². The average Bonchev–Trinajstić information content (AvgIpc) is 3.09. The average molecular weight is 335 g/mol. The third-order valence-electron chi connectivity index (χ3n) is 4.56. The second kappa shape index (κ2) is 6.29. The van der Waals surface area contributed by atoms with Crippen LogP contribution in [0.3, 0.4) is 0 Å². The van der Waals surface area contributed by atoms with E-state index in [2.05, 4.69) is 15.0 Å². The van der Waals surface area contributed by atoms with Crippen LogP contribution < -0.4 is 0 Å². The summed E-state index contributed by atoms with van der Waals surface area (Å²) in [5.74, 6) is -0.0260. The van der Waals surface area contributed by atoms with Crippen molar-refractivity contribution >= 4 is 16.8 Å². The number of para-hydroxylation sites is 1.